The van der Waals surface area contributed by atoms with Crippen LogP contribution in [0.5, 0.6) is 0 Å². The molecular formula is C12H22ClN3. The normalized spacial score (nSPS) is 13.4. The maximum atomic E-state index is 6.17. The van der Waals surface area contributed by atoms with E-state index >= 15 is 0 Å². The lowest BCUT2D eigenvalue weighted by atomic mass is 10.0. The first kappa shape index (κ1) is 13.5. The quantitative estimate of drug-likeness (QED) is 0.832. The predicted octanol–water partition coefficient (Wildman–Crippen LogP) is 3.16. The smallest absolute Gasteiger partial charge is 0.0833 e. The lowest BCUT2D eigenvalue weighted by Crippen LogP contribution is -2.24. The number of aryl methyl sites for hydroxylation is 1. The van der Waals surface area contributed by atoms with E-state index in [4.69, 9.17) is 11.6 Å². The molecule has 0 aromatic carbocycles. The zero-order valence-corrected chi connectivity index (χ0v) is 11.4. The van der Waals surface area contributed by atoms with E-state index < -0.39 is 0 Å². The monoisotopic (exact) mass is 243 g/mol. The van der Waals surface area contributed by atoms with E-state index in [0.717, 1.165) is 23.7 Å². The Morgan fingerprint density at radius 2 is 2.12 bits per heavy atom. The molecule has 4 heteroatoms. The van der Waals surface area contributed by atoms with Crippen LogP contribution in [0, 0.1) is 5.92 Å². The van der Waals surface area contributed by atoms with Crippen molar-refractivity contribution in [2.75, 3.05) is 6.54 Å². The standard InChI is InChI=1S/C12H22ClN3/c1-5-14-11(7-6-9(2)3)12-10(13)8-15-16(12)4/h8-9,11,14H,5-7H2,1-4H3. The van der Waals surface area contributed by atoms with Gasteiger partial charge in [-0.15, -0.1) is 0 Å². The first-order chi connectivity index (χ1) is 7.56. The Hall–Kier alpha value is -0.540. The molecule has 0 saturated heterocycles. The number of hydrogen-bond acceptors (Lipinski definition) is 2. The van der Waals surface area contributed by atoms with Crippen LogP contribution in [0.4, 0.5) is 0 Å². The van der Waals surface area contributed by atoms with Gasteiger partial charge in [0.15, 0.2) is 0 Å². The van der Waals surface area contributed by atoms with Gasteiger partial charge in [0.05, 0.1) is 23.0 Å². The molecule has 0 amide bonds. The molecule has 1 atom stereocenters. The Morgan fingerprint density at radius 1 is 1.44 bits per heavy atom. The third-order valence-corrected chi connectivity index (χ3v) is 3.04. The van der Waals surface area contributed by atoms with E-state index in [-0.39, 0.29) is 0 Å². The van der Waals surface area contributed by atoms with Gasteiger partial charge in [0.1, 0.15) is 0 Å². The van der Waals surface area contributed by atoms with Gasteiger partial charge >= 0.3 is 0 Å². The average Bonchev–Trinajstić information content (AvgIpc) is 2.54. The molecule has 0 aliphatic carbocycles. The average molecular weight is 244 g/mol. The number of rotatable bonds is 6. The van der Waals surface area contributed by atoms with Gasteiger partial charge in [-0.3, -0.25) is 4.68 Å². The van der Waals surface area contributed by atoms with Crippen molar-refractivity contribution in [1.29, 1.82) is 0 Å². The Kier molecular flexibility index (Phi) is 5.29. The summed E-state index contributed by atoms with van der Waals surface area (Å²) in [6.45, 7) is 7.55. The van der Waals surface area contributed by atoms with Crippen molar-refractivity contribution in [3.05, 3.63) is 16.9 Å². The van der Waals surface area contributed by atoms with Crippen molar-refractivity contribution < 1.29 is 0 Å². The summed E-state index contributed by atoms with van der Waals surface area (Å²) in [5, 5.41) is 8.43. The summed E-state index contributed by atoms with van der Waals surface area (Å²) in [6.07, 6.45) is 4.01. The van der Waals surface area contributed by atoms with Crippen LogP contribution in [0.3, 0.4) is 0 Å². The number of nitrogens with one attached hydrogen (secondary N) is 1. The van der Waals surface area contributed by atoms with E-state index in [1.807, 2.05) is 11.7 Å². The SMILES string of the molecule is CCNC(CCC(C)C)c1c(Cl)cnn1C. The third-order valence-electron chi connectivity index (χ3n) is 2.75. The van der Waals surface area contributed by atoms with Gasteiger partial charge in [-0.1, -0.05) is 32.4 Å². The van der Waals surface area contributed by atoms with Gasteiger partial charge in [-0.05, 0) is 25.3 Å². The van der Waals surface area contributed by atoms with Crippen molar-refractivity contribution in [1.82, 2.24) is 15.1 Å². The van der Waals surface area contributed by atoms with Gasteiger partial charge in [0.25, 0.3) is 0 Å². The molecule has 1 aromatic rings. The molecule has 92 valence electrons. The fourth-order valence-corrected chi connectivity index (χ4v) is 2.19. The lowest BCUT2D eigenvalue weighted by molar-refractivity contribution is 0.429. The molecule has 16 heavy (non-hydrogen) atoms. The Bertz CT molecular complexity index is 301. The van der Waals surface area contributed by atoms with Crippen LogP contribution >= 0.6 is 11.6 Å². The summed E-state index contributed by atoms with van der Waals surface area (Å²) < 4.78 is 1.87. The van der Waals surface area contributed by atoms with Crippen molar-refractivity contribution in [3.8, 4) is 0 Å². The highest BCUT2D eigenvalue weighted by Crippen LogP contribution is 2.26. The minimum Gasteiger partial charge on any atom is -0.309 e. The maximum Gasteiger partial charge on any atom is 0.0833 e. The first-order valence-corrected chi connectivity index (χ1v) is 6.34. The second kappa shape index (κ2) is 6.26. The van der Waals surface area contributed by atoms with Gasteiger partial charge < -0.3 is 5.32 Å². The van der Waals surface area contributed by atoms with Gasteiger partial charge in [0.2, 0.25) is 0 Å². The van der Waals surface area contributed by atoms with Crippen LogP contribution < -0.4 is 5.32 Å². The number of halogens is 1. The largest absolute Gasteiger partial charge is 0.309 e. The van der Waals surface area contributed by atoms with Crippen molar-refractivity contribution >= 4 is 11.6 Å². The summed E-state index contributed by atoms with van der Waals surface area (Å²) in [5.41, 5.74) is 1.10. The van der Waals surface area contributed by atoms with E-state index in [2.05, 4.69) is 31.2 Å². The molecule has 0 bridgehead atoms. The van der Waals surface area contributed by atoms with E-state index in [1.165, 1.54) is 6.42 Å². The minimum absolute atomic E-state index is 0.312. The highest BCUT2D eigenvalue weighted by molar-refractivity contribution is 6.31. The molecule has 0 aliphatic rings. The first-order valence-electron chi connectivity index (χ1n) is 5.97. The second-order valence-corrected chi connectivity index (χ2v) is 4.99. The van der Waals surface area contributed by atoms with Crippen molar-refractivity contribution in [2.45, 2.75) is 39.7 Å². The van der Waals surface area contributed by atoms with Gasteiger partial charge in [-0.2, -0.15) is 5.10 Å². The number of aromatic nitrogens is 2. The van der Waals surface area contributed by atoms with Crippen LogP contribution in [-0.2, 0) is 7.05 Å². The van der Waals surface area contributed by atoms with Gasteiger partial charge in [-0.25, -0.2) is 0 Å². The fraction of sp³-hybridized carbons (Fsp3) is 0.750. The molecule has 3 nitrogen and oxygen atoms in total. The molecule has 0 aliphatic heterocycles. The Morgan fingerprint density at radius 3 is 2.56 bits per heavy atom. The summed E-state index contributed by atoms with van der Waals surface area (Å²) in [6, 6.07) is 0.312. The Labute approximate surface area is 103 Å². The van der Waals surface area contributed by atoms with Crippen LogP contribution in [-0.4, -0.2) is 16.3 Å². The van der Waals surface area contributed by atoms with Crippen molar-refractivity contribution in [3.63, 3.8) is 0 Å². The van der Waals surface area contributed by atoms with Crippen LogP contribution in [0.1, 0.15) is 45.3 Å². The van der Waals surface area contributed by atoms with Crippen molar-refractivity contribution in [2.24, 2.45) is 13.0 Å². The van der Waals surface area contributed by atoms with E-state index in [0.29, 0.717) is 12.0 Å². The van der Waals surface area contributed by atoms with Crippen LogP contribution in [0.25, 0.3) is 0 Å². The predicted molar refractivity (Wildman–Crippen MR) is 68.7 cm³/mol. The summed E-state index contributed by atoms with van der Waals surface area (Å²) >= 11 is 6.17. The zero-order valence-electron chi connectivity index (χ0n) is 10.6. The molecule has 1 unspecified atom stereocenters. The van der Waals surface area contributed by atoms with E-state index in [1.54, 1.807) is 6.20 Å². The molecule has 1 rings (SSSR count). The van der Waals surface area contributed by atoms with Crippen LogP contribution in [0.15, 0.2) is 6.20 Å². The number of hydrogen-bond donors (Lipinski definition) is 1. The lowest BCUT2D eigenvalue weighted by Gasteiger charge is -2.19. The summed E-state index contributed by atoms with van der Waals surface area (Å²) in [4.78, 5) is 0. The molecular weight excluding hydrogens is 222 g/mol. The summed E-state index contributed by atoms with van der Waals surface area (Å²) in [5.74, 6) is 0.716. The van der Waals surface area contributed by atoms with Crippen LogP contribution in [0.2, 0.25) is 5.02 Å². The maximum absolute atomic E-state index is 6.17. The molecule has 0 spiro atoms. The Balaban J connectivity index is 2.76. The summed E-state index contributed by atoms with van der Waals surface area (Å²) in [7, 11) is 1.95. The molecule has 0 fully saturated rings. The van der Waals surface area contributed by atoms with Gasteiger partial charge in [0, 0.05) is 7.05 Å². The highest BCUT2D eigenvalue weighted by Gasteiger charge is 2.18. The molecule has 1 N–H and O–H groups in total. The van der Waals surface area contributed by atoms with E-state index in [9.17, 15) is 0 Å². The zero-order chi connectivity index (χ0) is 12.1. The topological polar surface area (TPSA) is 29.9 Å². The molecule has 1 heterocycles. The minimum atomic E-state index is 0.312. The molecule has 1 aromatic heterocycles. The molecule has 0 radical (unpaired) electrons. The fourth-order valence-electron chi connectivity index (χ4n) is 1.89. The third kappa shape index (κ3) is 3.49. The molecule has 0 saturated carbocycles. The highest BCUT2D eigenvalue weighted by atomic mass is 35.5. The number of nitrogens with zero attached hydrogens (tertiary/aromatic N) is 2. The second-order valence-electron chi connectivity index (χ2n) is 4.58.